The highest BCUT2D eigenvalue weighted by molar-refractivity contribution is 7.92. The minimum absolute atomic E-state index is 0.175. The van der Waals surface area contributed by atoms with Crippen molar-refractivity contribution in [3.63, 3.8) is 0 Å². The zero-order valence-electron chi connectivity index (χ0n) is 16.9. The molecule has 0 radical (unpaired) electrons. The monoisotopic (exact) mass is 422 g/mol. The molecule has 0 aliphatic heterocycles. The summed E-state index contributed by atoms with van der Waals surface area (Å²) >= 11 is 0. The summed E-state index contributed by atoms with van der Waals surface area (Å²) in [6.07, 6.45) is 1.68. The van der Waals surface area contributed by atoms with Gasteiger partial charge in [0.05, 0.1) is 24.6 Å². The highest BCUT2D eigenvalue weighted by atomic mass is 32.2. The third-order valence-corrected chi connectivity index (χ3v) is 5.54. The summed E-state index contributed by atoms with van der Waals surface area (Å²) in [5.74, 6) is 0.142. The summed E-state index contributed by atoms with van der Waals surface area (Å²) in [6, 6.07) is 12.5. The van der Waals surface area contributed by atoms with Crippen molar-refractivity contribution in [3.8, 4) is 5.75 Å². The summed E-state index contributed by atoms with van der Waals surface area (Å²) in [6.45, 7) is 4.40. The number of halogens is 1. The molecule has 0 heterocycles. The molecule has 1 N–H and O–H groups in total. The van der Waals surface area contributed by atoms with E-state index in [1.165, 1.54) is 16.4 Å². The average molecular weight is 423 g/mol. The zero-order valence-corrected chi connectivity index (χ0v) is 17.7. The van der Waals surface area contributed by atoms with Gasteiger partial charge in [-0.3, -0.25) is 9.10 Å². The first kappa shape index (κ1) is 22.7. The second-order valence-electron chi connectivity index (χ2n) is 6.71. The fraction of sp³-hybridized carbons (Fsp3) is 0.381. The van der Waals surface area contributed by atoms with Crippen LogP contribution in [0.2, 0.25) is 0 Å². The molecule has 0 aliphatic rings. The number of sulfonamides is 1. The quantitative estimate of drug-likeness (QED) is 0.634. The maximum atomic E-state index is 13.0. The highest BCUT2D eigenvalue weighted by Crippen LogP contribution is 2.22. The van der Waals surface area contributed by atoms with Crippen molar-refractivity contribution in [3.05, 3.63) is 59.9 Å². The highest BCUT2D eigenvalue weighted by Gasteiger charge is 2.18. The molecule has 2 aromatic carbocycles. The van der Waals surface area contributed by atoms with Crippen molar-refractivity contribution in [1.82, 2.24) is 5.32 Å². The van der Waals surface area contributed by atoms with Crippen LogP contribution in [0.3, 0.4) is 0 Å². The number of nitrogens with zero attached hydrogens (tertiary/aromatic N) is 1. The Morgan fingerprint density at radius 1 is 1.14 bits per heavy atom. The van der Waals surface area contributed by atoms with E-state index in [1.54, 1.807) is 36.4 Å². The van der Waals surface area contributed by atoms with E-state index >= 15 is 0 Å². The van der Waals surface area contributed by atoms with Gasteiger partial charge in [-0.05, 0) is 62.2 Å². The molecule has 0 unspecified atom stereocenters. The van der Waals surface area contributed by atoms with E-state index in [9.17, 15) is 17.6 Å². The second kappa shape index (κ2) is 10.2. The number of ether oxygens (including phenoxy) is 1. The molecule has 0 aromatic heterocycles. The third-order valence-electron chi connectivity index (χ3n) is 4.35. The first-order chi connectivity index (χ1) is 13.7. The number of anilines is 1. The summed E-state index contributed by atoms with van der Waals surface area (Å²) in [4.78, 5) is 12.2. The SMILES string of the molecule is CCOc1ccc(N(CCCC(=O)N[C@@H](C)c2ccc(F)cc2)S(C)(=O)=O)cc1. The number of benzene rings is 2. The van der Waals surface area contributed by atoms with Crippen LogP contribution in [0.1, 0.15) is 38.3 Å². The first-order valence-electron chi connectivity index (χ1n) is 9.46. The molecule has 1 amide bonds. The molecule has 8 heteroatoms. The van der Waals surface area contributed by atoms with Gasteiger partial charge >= 0.3 is 0 Å². The smallest absolute Gasteiger partial charge is 0.232 e. The van der Waals surface area contributed by atoms with Gasteiger partial charge in [0.15, 0.2) is 0 Å². The van der Waals surface area contributed by atoms with E-state index in [2.05, 4.69) is 5.32 Å². The molecular formula is C21H27FN2O4S. The van der Waals surface area contributed by atoms with Gasteiger partial charge in [0.25, 0.3) is 0 Å². The van der Waals surface area contributed by atoms with Crippen LogP contribution in [0, 0.1) is 5.82 Å². The van der Waals surface area contributed by atoms with Gasteiger partial charge in [-0.15, -0.1) is 0 Å². The molecule has 0 fully saturated rings. The number of amides is 1. The lowest BCUT2D eigenvalue weighted by molar-refractivity contribution is -0.121. The molecule has 2 aromatic rings. The number of hydrogen-bond acceptors (Lipinski definition) is 4. The van der Waals surface area contributed by atoms with Crippen LogP contribution < -0.4 is 14.4 Å². The lowest BCUT2D eigenvalue weighted by Crippen LogP contribution is -2.32. The van der Waals surface area contributed by atoms with Gasteiger partial charge < -0.3 is 10.1 Å². The number of rotatable bonds is 10. The standard InChI is InChI=1S/C21H27FN2O4S/c1-4-28-20-13-11-19(12-14-20)24(29(3,26)27)15-5-6-21(25)23-16(2)17-7-9-18(22)10-8-17/h7-14,16H,4-6,15H2,1-3H3,(H,23,25)/t16-/m0/s1. The number of carbonyl (C=O) groups is 1. The second-order valence-corrected chi connectivity index (χ2v) is 8.61. The summed E-state index contributed by atoms with van der Waals surface area (Å²) in [5, 5.41) is 2.84. The summed E-state index contributed by atoms with van der Waals surface area (Å²) in [5.41, 5.74) is 1.32. The topological polar surface area (TPSA) is 75.7 Å². The fourth-order valence-electron chi connectivity index (χ4n) is 2.89. The van der Waals surface area contributed by atoms with Crippen molar-refractivity contribution in [1.29, 1.82) is 0 Å². The Hall–Kier alpha value is -2.61. The lowest BCUT2D eigenvalue weighted by Gasteiger charge is -2.23. The van der Waals surface area contributed by atoms with E-state index in [0.29, 0.717) is 24.5 Å². The maximum Gasteiger partial charge on any atom is 0.232 e. The van der Waals surface area contributed by atoms with Crippen LogP contribution in [-0.2, 0) is 14.8 Å². The van der Waals surface area contributed by atoms with Crippen LogP contribution >= 0.6 is 0 Å². The normalized spacial score (nSPS) is 12.3. The molecular weight excluding hydrogens is 395 g/mol. The number of hydrogen-bond donors (Lipinski definition) is 1. The van der Waals surface area contributed by atoms with Crippen LogP contribution in [0.4, 0.5) is 10.1 Å². The first-order valence-corrected chi connectivity index (χ1v) is 11.3. The Balaban J connectivity index is 1.92. The van der Waals surface area contributed by atoms with E-state index in [0.717, 1.165) is 11.8 Å². The minimum Gasteiger partial charge on any atom is -0.494 e. The van der Waals surface area contributed by atoms with E-state index in [1.807, 2.05) is 13.8 Å². The van der Waals surface area contributed by atoms with Gasteiger partial charge in [-0.25, -0.2) is 12.8 Å². The Labute approximate surface area is 171 Å². The Morgan fingerprint density at radius 3 is 2.31 bits per heavy atom. The molecule has 0 spiro atoms. The van der Waals surface area contributed by atoms with Gasteiger partial charge in [-0.1, -0.05) is 12.1 Å². The van der Waals surface area contributed by atoms with Crippen molar-refractivity contribution in [2.45, 2.75) is 32.7 Å². The van der Waals surface area contributed by atoms with Crippen LogP contribution in [0.5, 0.6) is 5.75 Å². The van der Waals surface area contributed by atoms with Crippen LogP contribution in [0.15, 0.2) is 48.5 Å². The zero-order chi connectivity index (χ0) is 21.4. The van der Waals surface area contributed by atoms with Gasteiger partial charge in [0.2, 0.25) is 15.9 Å². The van der Waals surface area contributed by atoms with Crippen molar-refractivity contribution < 1.29 is 22.3 Å². The Morgan fingerprint density at radius 2 is 1.76 bits per heavy atom. The minimum atomic E-state index is -3.49. The van der Waals surface area contributed by atoms with Gasteiger partial charge in [0, 0.05) is 13.0 Å². The van der Waals surface area contributed by atoms with Crippen molar-refractivity contribution >= 4 is 21.6 Å². The average Bonchev–Trinajstić information content (AvgIpc) is 2.66. The molecule has 29 heavy (non-hydrogen) atoms. The molecule has 158 valence electrons. The molecule has 0 saturated carbocycles. The van der Waals surface area contributed by atoms with E-state index in [-0.39, 0.29) is 30.7 Å². The Kier molecular flexibility index (Phi) is 8.01. The van der Waals surface area contributed by atoms with E-state index < -0.39 is 10.0 Å². The van der Waals surface area contributed by atoms with E-state index in [4.69, 9.17) is 4.74 Å². The fourth-order valence-corrected chi connectivity index (χ4v) is 3.86. The Bertz CT molecular complexity index is 899. The molecule has 0 bridgehead atoms. The number of carbonyl (C=O) groups excluding carboxylic acids is 1. The molecule has 6 nitrogen and oxygen atoms in total. The van der Waals surface area contributed by atoms with Crippen molar-refractivity contribution in [2.24, 2.45) is 0 Å². The van der Waals surface area contributed by atoms with Gasteiger partial charge in [-0.2, -0.15) is 0 Å². The third kappa shape index (κ3) is 7.05. The number of nitrogens with one attached hydrogen (secondary N) is 1. The van der Waals surface area contributed by atoms with Gasteiger partial charge in [0.1, 0.15) is 11.6 Å². The van der Waals surface area contributed by atoms with Crippen LogP contribution in [-0.4, -0.2) is 33.7 Å². The predicted octanol–water partition coefficient (Wildman–Crippen LogP) is 3.65. The molecule has 1 atom stereocenters. The van der Waals surface area contributed by atoms with Crippen molar-refractivity contribution in [2.75, 3.05) is 23.7 Å². The lowest BCUT2D eigenvalue weighted by atomic mass is 10.1. The molecule has 2 rings (SSSR count). The van der Waals surface area contributed by atoms with Crippen LogP contribution in [0.25, 0.3) is 0 Å². The molecule has 0 saturated heterocycles. The summed E-state index contributed by atoms with van der Waals surface area (Å²) in [7, 11) is -3.49. The largest absolute Gasteiger partial charge is 0.494 e. The molecule has 0 aliphatic carbocycles. The predicted molar refractivity (Wildman–Crippen MR) is 112 cm³/mol. The maximum absolute atomic E-state index is 13.0. The summed E-state index contributed by atoms with van der Waals surface area (Å²) < 4.78 is 44.0.